The van der Waals surface area contributed by atoms with Crippen LogP contribution in [0.4, 0.5) is 16.2 Å². The summed E-state index contributed by atoms with van der Waals surface area (Å²) in [6.45, 7) is 16.8. The van der Waals surface area contributed by atoms with E-state index in [0.717, 1.165) is 41.3 Å². The molecule has 5 nitrogen and oxygen atoms in total. The van der Waals surface area contributed by atoms with Crippen LogP contribution in [0.15, 0.2) is 36.4 Å². The largest absolute Gasteiger partial charge is 1.00 e. The first-order valence-electron chi connectivity index (χ1n) is 10.3. The fourth-order valence-electron chi connectivity index (χ4n) is 3.28. The Labute approximate surface area is 187 Å². The third kappa shape index (κ3) is 6.84. The molecule has 0 aliphatic carbocycles. The minimum Gasteiger partial charge on any atom is -1.00 e. The SMILES string of the molecule is CCN(CC)c1ccc(NC(=O)NCOc2ccc(C)cc2C(C)(C)C)c(C)c1.[Cl-]. The lowest BCUT2D eigenvalue weighted by Crippen LogP contribution is -3.00. The van der Waals surface area contributed by atoms with Gasteiger partial charge in [-0.3, -0.25) is 0 Å². The molecule has 2 amide bonds. The highest BCUT2D eigenvalue weighted by molar-refractivity contribution is 5.90. The number of hydrogen-bond acceptors (Lipinski definition) is 3. The molecule has 0 heterocycles. The maximum absolute atomic E-state index is 12.3. The predicted molar refractivity (Wildman–Crippen MR) is 122 cm³/mol. The lowest BCUT2D eigenvalue weighted by Gasteiger charge is -2.23. The number of benzene rings is 2. The maximum atomic E-state index is 12.3. The Kier molecular flexibility index (Phi) is 9.50. The minimum absolute atomic E-state index is 0. The van der Waals surface area contributed by atoms with E-state index in [-0.39, 0.29) is 30.6 Å². The Morgan fingerprint density at radius 1 is 1.03 bits per heavy atom. The number of ether oxygens (including phenoxy) is 1. The Hall–Kier alpha value is -2.40. The van der Waals surface area contributed by atoms with Crippen molar-refractivity contribution in [2.24, 2.45) is 0 Å². The number of carbonyl (C=O) groups is 1. The molecular weight excluding hydrogens is 398 g/mol. The van der Waals surface area contributed by atoms with E-state index in [2.05, 4.69) is 69.2 Å². The topological polar surface area (TPSA) is 53.6 Å². The van der Waals surface area contributed by atoms with Crippen molar-refractivity contribution in [1.29, 1.82) is 0 Å². The molecule has 166 valence electrons. The van der Waals surface area contributed by atoms with E-state index in [1.807, 2.05) is 31.2 Å². The Morgan fingerprint density at radius 2 is 1.70 bits per heavy atom. The molecule has 0 fully saturated rings. The highest BCUT2D eigenvalue weighted by atomic mass is 35.5. The lowest BCUT2D eigenvalue weighted by molar-refractivity contribution is -0.0000107. The number of aryl methyl sites for hydroxylation is 2. The van der Waals surface area contributed by atoms with Crippen molar-refractivity contribution in [1.82, 2.24) is 5.32 Å². The summed E-state index contributed by atoms with van der Waals surface area (Å²) in [5, 5.41) is 5.68. The van der Waals surface area contributed by atoms with E-state index in [1.54, 1.807) is 0 Å². The van der Waals surface area contributed by atoms with Gasteiger partial charge in [-0.1, -0.05) is 38.5 Å². The van der Waals surface area contributed by atoms with Gasteiger partial charge >= 0.3 is 6.03 Å². The zero-order valence-electron chi connectivity index (χ0n) is 19.2. The zero-order chi connectivity index (χ0) is 21.6. The monoisotopic (exact) mass is 432 g/mol. The van der Waals surface area contributed by atoms with E-state index in [9.17, 15) is 4.79 Å². The lowest BCUT2D eigenvalue weighted by atomic mass is 9.85. The molecule has 0 saturated heterocycles. The molecular formula is C24H35ClN3O2-. The van der Waals surface area contributed by atoms with Crippen molar-refractivity contribution in [2.45, 2.75) is 53.9 Å². The van der Waals surface area contributed by atoms with Gasteiger partial charge in [0, 0.05) is 24.5 Å². The number of nitrogens with one attached hydrogen (secondary N) is 2. The van der Waals surface area contributed by atoms with Crippen LogP contribution in [0.3, 0.4) is 0 Å². The molecule has 6 heteroatoms. The standard InChI is InChI=1S/C24H35N3O2.ClH/c1-8-27(9-2)19-11-12-21(18(4)15-19)26-23(28)25-16-29-22-13-10-17(3)14-20(22)24(5,6)7;/h10-15H,8-9,16H2,1-7H3,(H2,25,26,28);1H/p-1. The van der Waals surface area contributed by atoms with Crippen molar-refractivity contribution >= 4 is 17.4 Å². The summed E-state index contributed by atoms with van der Waals surface area (Å²) in [4.78, 5) is 14.6. The number of anilines is 2. The Morgan fingerprint density at radius 3 is 2.27 bits per heavy atom. The van der Waals surface area contributed by atoms with Gasteiger partial charge in [-0.15, -0.1) is 0 Å². The second-order valence-electron chi connectivity index (χ2n) is 8.34. The number of nitrogens with zero attached hydrogens (tertiary/aromatic N) is 1. The number of carbonyl (C=O) groups excluding carboxylic acids is 1. The van der Waals surface area contributed by atoms with Crippen LogP contribution < -0.4 is 32.7 Å². The minimum atomic E-state index is -0.284. The van der Waals surface area contributed by atoms with E-state index in [0.29, 0.717) is 0 Å². The Balaban J connectivity index is 0.00000450. The maximum Gasteiger partial charge on any atom is 0.321 e. The van der Waals surface area contributed by atoms with Crippen LogP contribution in [-0.2, 0) is 5.41 Å². The van der Waals surface area contributed by atoms with Gasteiger partial charge < -0.3 is 32.7 Å². The quantitative estimate of drug-likeness (QED) is 0.661. The molecule has 2 aromatic rings. The van der Waals surface area contributed by atoms with Gasteiger partial charge in [0.15, 0.2) is 6.73 Å². The van der Waals surface area contributed by atoms with E-state index >= 15 is 0 Å². The molecule has 30 heavy (non-hydrogen) atoms. The van der Waals surface area contributed by atoms with E-state index in [4.69, 9.17) is 4.74 Å². The fourth-order valence-corrected chi connectivity index (χ4v) is 3.28. The van der Waals surface area contributed by atoms with Crippen LogP contribution in [0.2, 0.25) is 0 Å². The molecule has 0 saturated carbocycles. The van der Waals surface area contributed by atoms with Crippen LogP contribution >= 0.6 is 0 Å². The number of rotatable bonds is 7. The second kappa shape index (κ2) is 11.1. The zero-order valence-corrected chi connectivity index (χ0v) is 20.0. The van der Waals surface area contributed by atoms with Crippen LogP contribution in [-0.4, -0.2) is 25.9 Å². The van der Waals surface area contributed by atoms with Crippen molar-refractivity contribution < 1.29 is 21.9 Å². The van der Waals surface area contributed by atoms with Crippen molar-refractivity contribution in [3.05, 3.63) is 53.1 Å². The van der Waals surface area contributed by atoms with Crippen molar-refractivity contribution in [3.8, 4) is 5.75 Å². The number of halogens is 1. The molecule has 0 spiro atoms. The second-order valence-corrected chi connectivity index (χ2v) is 8.34. The molecule has 0 aliphatic heterocycles. The van der Waals surface area contributed by atoms with Crippen LogP contribution in [0.1, 0.15) is 51.3 Å². The average molecular weight is 433 g/mol. The summed E-state index contributed by atoms with van der Waals surface area (Å²) in [5.41, 5.74) is 5.27. The van der Waals surface area contributed by atoms with Gasteiger partial charge in [0.05, 0.1) is 0 Å². The normalized spacial score (nSPS) is 10.8. The van der Waals surface area contributed by atoms with Gasteiger partial charge in [-0.25, -0.2) is 4.79 Å². The van der Waals surface area contributed by atoms with Gasteiger partial charge in [0.25, 0.3) is 0 Å². The first-order valence-corrected chi connectivity index (χ1v) is 10.3. The third-order valence-corrected chi connectivity index (χ3v) is 4.99. The predicted octanol–water partition coefficient (Wildman–Crippen LogP) is 2.61. The first kappa shape index (κ1) is 25.6. The summed E-state index contributed by atoms with van der Waals surface area (Å²) < 4.78 is 5.86. The number of urea groups is 1. The fraction of sp³-hybridized carbons (Fsp3) is 0.458. The van der Waals surface area contributed by atoms with Gasteiger partial charge in [-0.05, 0) is 68.5 Å². The molecule has 0 aromatic heterocycles. The van der Waals surface area contributed by atoms with Crippen molar-refractivity contribution in [2.75, 3.05) is 30.0 Å². The molecule has 0 radical (unpaired) electrons. The van der Waals surface area contributed by atoms with Gasteiger partial charge in [0.1, 0.15) is 5.75 Å². The summed E-state index contributed by atoms with van der Waals surface area (Å²) in [5.74, 6) is 0.795. The molecule has 0 unspecified atom stereocenters. The van der Waals surface area contributed by atoms with Crippen molar-refractivity contribution in [3.63, 3.8) is 0 Å². The highest BCUT2D eigenvalue weighted by Crippen LogP contribution is 2.32. The first-order chi connectivity index (χ1) is 13.7. The molecule has 0 bridgehead atoms. The van der Waals surface area contributed by atoms with E-state index in [1.165, 1.54) is 5.56 Å². The molecule has 0 atom stereocenters. The average Bonchev–Trinajstić information content (AvgIpc) is 2.65. The summed E-state index contributed by atoms with van der Waals surface area (Å²) in [6, 6.07) is 11.9. The molecule has 2 aromatic carbocycles. The smallest absolute Gasteiger partial charge is 0.321 e. The van der Waals surface area contributed by atoms with Gasteiger partial charge in [-0.2, -0.15) is 0 Å². The van der Waals surface area contributed by atoms with Crippen LogP contribution in [0, 0.1) is 13.8 Å². The third-order valence-electron chi connectivity index (χ3n) is 4.99. The van der Waals surface area contributed by atoms with Gasteiger partial charge in [0.2, 0.25) is 0 Å². The number of amides is 2. The highest BCUT2D eigenvalue weighted by Gasteiger charge is 2.19. The molecule has 2 rings (SSSR count). The molecule has 0 aliphatic rings. The van der Waals surface area contributed by atoms with Crippen LogP contribution in [0.25, 0.3) is 0 Å². The summed E-state index contributed by atoms with van der Waals surface area (Å²) >= 11 is 0. The van der Waals surface area contributed by atoms with Crippen LogP contribution in [0.5, 0.6) is 5.75 Å². The summed E-state index contributed by atoms with van der Waals surface area (Å²) in [7, 11) is 0. The van der Waals surface area contributed by atoms with E-state index < -0.39 is 0 Å². The number of hydrogen-bond donors (Lipinski definition) is 2. The Bertz CT molecular complexity index is 843. The summed E-state index contributed by atoms with van der Waals surface area (Å²) in [6.07, 6.45) is 0. The molecule has 2 N–H and O–H groups in total.